The molecule has 2 aliphatic rings. The fourth-order valence-electron chi connectivity index (χ4n) is 8.59. The number of aromatic nitrogens is 5. The number of para-hydroxylation sites is 1. The number of carbonyl (C=O) groups excluding carboxylic acids is 3. The van der Waals surface area contributed by atoms with Crippen molar-refractivity contribution in [3.05, 3.63) is 86.7 Å². The van der Waals surface area contributed by atoms with E-state index in [0.29, 0.717) is 129 Å². The molecule has 1 saturated heterocycles. The normalized spacial score (nSPS) is 16.6. The number of nitrogens with zero attached hydrogens (tertiary/aromatic N) is 5. The molecule has 2 aromatic carbocycles. The predicted molar refractivity (Wildman–Crippen MR) is 292 cm³/mol. The number of Topliss-reactive ketones (excluding diaryl/α,β-unsaturated/α-hetero) is 1. The summed E-state index contributed by atoms with van der Waals surface area (Å²) in [6.07, 6.45) is 0.326. The van der Waals surface area contributed by atoms with Crippen LogP contribution in [-0.2, 0) is 88.5 Å². The van der Waals surface area contributed by atoms with Crippen molar-refractivity contribution in [3.8, 4) is 22.5 Å². The number of ketones is 1. The molecule has 0 bridgehead atoms. The first kappa shape index (κ1) is 63.8. The third kappa shape index (κ3) is 21.2. The van der Waals surface area contributed by atoms with Crippen molar-refractivity contribution in [2.75, 3.05) is 144 Å². The fourth-order valence-corrected chi connectivity index (χ4v) is 9.77. The van der Waals surface area contributed by atoms with Crippen molar-refractivity contribution in [2.24, 2.45) is 0 Å². The van der Waals surface area contributed by atoms with Crippen LogP contribution in [0.2, 0.25) is 0 Å². The van der Waals surface area contributed by atoms with Crippen LogP contribution in [-0.4, -0.2) is 193 Å². The highest BCUT2D eigenvalue weighted by molar-refractivity contribution is 7.53. The fraction of sp³-hybridized carbons (Fsp3) is 0.611. The highest BCUT2D eigenvalue weighted by atomic mass is 31.2. The van der Waals surface area contributed by atoms with Crippen molar-refractivity contribution in [1.29, 1.82) is 0 Å². The number of rotatable bonds is 40. The Bertz CT molecular complexity index is 2700. The summed E-state index contributed by atoms with van der Waals surface area (Å²) in [5.74, 6) is -0.566. The minimum Gasteiger partial charge on any atom is -0.377 e. The number of nitrogens with one attached hydrogen (secondary N) is 2. The van der Waals surface area contributed by atoms with E-state index >= 15 is 0 Å². The van der Waals surface area contributed by atoms with Gasteiger partial charge in [0.1, 0.15) is 18.5 Å². The van der Waals surface area contributed by atoms with Gasteiger partial charge >= 0.3 is 13.3 Å². The van der Waals surface area contributed by atoms with E-state index in [2.05, 4.69) is 20.6 Å². The third-order valence-electron chi connectivity index (χ3n) is 12.5. The summed E-state index contributed by atoms with van der Waals surface area (Å²) in [6.45, 7) is 13.8. The maximum atomic E-state index is 14.0. The van der Waals surface area contributed by atoms with Crippen LogP contribution < -0.4 is 21.5 Å². The highest BCUT2D eigenvalue weighted by Gasteiger charge is 2.40. The summed E-state index contributed by atoms with van der Waals surface area (Å²) in [5.41, 5.74) is 3.86. The smallest absolute Gasteiger partial charge is 0.330 e. The molecule has 4 heterocycles. The lowest BCUT2D eigenvalue weighted by Gasteiger charge is -2.28. The Labute approximate surface area is 465 Å². The second-order valence-electron chi connectivity index (χ2n) is 18.7. The molecule has 0 aliphatic carbocycles. The average molecular weight is 1140 g/mol. The number of anilines is 1. The summed E-state index contributed by atoms with van der Waals surface area (Å²) in [4.78, 5) is 66.0. The molecule has 25 nitrogen and oxygen atoms in total. The van der Waals surface area contributed by atoms with E-state index in [4.69, 9.17) is 56.4 Å². The molecule has 2 aliphatic heterocycles. The van der Waals surface area contributed by atoms with Gasteiger partial charge in [-0.2, -0.15) is 0 Å². The number of fused-ring (bicyclic) bond motifs is 5. The van der Waals surface area contributed by atoms with Crippen LogP contribution >= 0.6 is 7.60 Å². The van der Waals surface area contributed by atoms with Gasteiger partial charge in [-0.3, -0.25) is 33.3 Å². The van der Waals surface area contributed by atoms with Crippen LogP contribution in [0.4, 0.5) is 5.69 Å². The zero-order valence-corrected chi connectivity index (χ0v) is 47.2. The van der Waals surface area contributed by atoms with Gasteiger partial charge in [-0.05, 0) is 31.9 Å². The minimum atomic E-state index is -3.56. The van der Waals surface area contributed by atoms with Crippen LogP contribution in [0.1, 0.15) is 56.9 Å². The number of ether oxygens (including phenoxy) is 10. The van der Waals surface area contributed by atoms with E-state index in [0.717, 1.165) is 22.4 Å². The number of aromatic amines is 1. The molecule has 442 valence electrons. The SMILES string of the molecule is CC[C@H]1O[C@@H](n2cc(C)c(=O)[nH]c2=O)C[C@H]1OP(C)(=O)OCCOCCNC(=O)CCC(=O)N1Cc2ccccc2-c2c(nnn2CCOCCOCCOCCOCCOCCOCCOCCOCC(C)=O)-c2ccccc21. The topological polar surface area (TPSA) is 280 Å². The molecule has 0 saturated carbocycles. The molecule has 2 aromatic heterocycles. The van der Waals surface area contributed by atoms with E-state index in [1.165, 1.54) is 24.4 Å². The Morgan fingerprint density at radius 1 is 0.738 bits per heavy atom. The molecular weight excluding hydrogens is 1070 g/mol. The standard InChI is InChI=1S/C54H78N7O18P/c1-5-46-47(36-50(78-46)60-37-40(2)53(65)56-54(60)66)79-80(4,67)77-35-34-68-18-16-55-48(63)14-15-49(64)59-38-42-10-6-7-11-43(42)52-51(44-12-8-9-13-45(44)59)57-58-61(52)17-19-69-20-21-70-22-23-71-24-25-72-26-27-73-28-29-74-30-31-75-32-33-76-39-41(3)62/h6-13,37,46-47,50H,5,14-36,38-39H2,1-4H3,(H,55,63)(H,56,65,66)/t46-,47-,50-,80?/m1/s1. The van der Waals surface area contributed by atoms with Crippen molar-refractivity contribution in [2.45, 2.75) is 78.0 Å². The van der Waals surface area contributed by atoms with Crippen LogP contribution in [0, 0.1) is 6.92 Å². The van der Waals surface area contributed by atoms with Gasteiger partial charge in [0.15, 0.2) is 5.78 Å². The van der Waals surface area contributed by atoms with Crippen LogP contribution in [0.5, 0.6) is 0 Å². The van der Waals surface area contributed by atoms with Crippen molar-refractivity contribution in [3.63, 3.8) is 0 Å². The van der Waals surface area contributed by atoms with Crippen LogP contribution in [0.25, 0.3) is 22.5 Å². The van der Waals surface area contributed by atoms with Gasteiger partial charge in [-0.1, -0.05) is 54.6 Å². The van der Waals surface area contributed by atoms with Gasteiger partial charge in [0.25, 0.3) is 5.56 Å². The Morgan fingerprint density at radius 2 is 1.30 bits per heavy atom. The number of amides is 2. The summed E-state index contributed by atoms with van der Waals surface area (Å²) < 4.78 is 83.6. The maximum Gasteiger partial charge on any atom is 0.330 e. The molecule has 2 N–H and O–H groups in total. The second-order valence-corrected chi connectivity index (χ2v) is 20.7. The predicted octanol–water partition coefficient (Wildman–Crippen LogP) is 3.87. The van der Waals surface area contributed by atoms with E-state index in [-0.39, 0.29) is 76.4 Å². The number of carbonyl (C=O) groups is 3. The molecule has 1 fully saturated rings. The van der Waals surface area contributed by atoms with Gasteiger partial charge in [0, 0.05) is 55.4 Å². The van der Waals surface area contributed by atoms with Gasteiger partial charge in [-0.15, -0.1) is 5.10 Å². The zero-order valence-electron chi connectivity index (χ0n) is 46.3. The lowest BCUT2D eigenvalue weighted by molar-refractivity contribution is -0.125. The van der Waals surface area contributed by atoms with Crippen molar-refractivity contribution < 1.29 is 75.4 Å². The Balaban J connectivity index is 0.826. The Hall–Kier alpha value is -5.38. The lowest BCUT2D eigenvalue weighted by atomic mass is 9.95. The zero-order chi connectivity index (χ0) is 57.0. The minimum absolute atomic E-state index is 0.0136. The number of aryl methyl sites for hydroxylation is 1. The second kappa shape index (κ2) is 34.8. The van der Waals surface area contributed by atoms with Crippen LogP contribution in [0.15, 0.2) is 64.3 Å². The molecule has 26 heteroatoms. The van der Waals surface area contributed by atoms with Crippen LogP contribution in [0.3, 0.4) is 0 Å². The summed E-state index contributed by atoms with van der Waals surface area (Å²) in [5, 5.41) is 12.0. The molecule has 6 rings (SSSR count). The van der Waals surface area contributed by atoms with Crippen molar-refractivity contribution in [1.82, 2.24) is 29.9 Å². The van der Waals surface area contributed by atoms with Crippen molar-refractivity contribution >= 4 is 30.9 Å². The average Bonchev–Trinajstić information content (AvgIpc) is 4.20. The lowest BCUT2D eigenvalue weighted by Crippen LogP contribution is -2.34. The monoisotopic (exact) mass is 1140 g/mol. The molecule has 4 aromatic rings. The van der Waals surface area contributed by atoms with E-state index in [1.807, 2.05) is 60.1 Å². The molecule has 1 unspecified atom stereocenters. The Morgan fingerprint density at radius 3 is 1.93 bits per heavy atom. The maximum absolute atomic E-state index is 14.0. The van der Waals surface area contributed by atoms with Gasteiger partial charge < -0.3 is 66.6 Å². The molecule has 2 amide bonds. The third-order valence-corrected chi connectivity index (χ3v) is 13.8. The van der Waals surface area contributed by atoms with Gasteiger partial charge in [-0.25, -0.2) is 9.48 Å². The number of hydrogen-bond donors (Lipinski definition) is 2. The summed E-state index contributed by atoms with van der Waals surface area (Å²) in [7, 11) is -3.56. The highest BCUT2D eigenvalue weighted by Crippen LogP contribution is 2.49. The largest absolute Gasteiger partial charge is 0.377 e. The van der Waals surface area contributed by atoms with Gasteiger partial charge in [0.2, 0.25) is 11.8 Å². The first-order chi connectivity index (χ1) is 38.8. The van der Waals surface area contributed by atoms with Gasteiger partial charge in [0.05, 0.1) is 156 Å². The summed E-state index contributed by atoms with van der Waals surface area (Å²) >= 11 is 0. The quantitative estimate of drug-likeness (QED) is 0.0472. The Kier molecular flexibility index (Phi) is 27.8. The molecule has 80 heavy (non-hydrogen) atoms. The number of benzene rings is 2. The molecular formula is C54H78N7O18P. The molecule has 0 radical (unpaired) electrons. The molecule has 0 spiro atoms. The molecule has 4 atom stereocenters. The number of H-pyrrole nitrogens is 1. The van der Waals surface area contributed by atoms with E-state index in [1.54, 1.807) is 11.8 Å². The first-order valence-corrected chi connectivity index (χ1v) is 29.1. The van der Waals surface area contributed by atoms with E-state index < -0.39 is 37.3 Å². The first-order valence-electron chi connectivity index (χ1n) is 27.1. The van der Waals surface area contributed by atoms with E-state index in [9.17, 15) is 28.5 Å². The number of hydrogen-bond acceptors (Lipinski definition) is 20. The summed E-state index contributed by atoms with van der Waals surface area (Å²) in [6, 6.07) is 15.4.